The molecule has 0 aliphatic heterocycles. The van der Waals surface area contributed by atoms with E-state index in [0.29, 0.717) is 6.73 Å². The van der Waals surface area contributed by atoms with Gasteiger partial charge in [-0.15, -0.1) is 0 Å². The third-order valence-corrected chi connectivity index (χ3v) is 1.56. The van der Waals surface area contributed by atoms with Crippen LogP contribution in [0.4, 0.5) is 0 Å². The van der Waals surface area contributed by atoms with E-state index in [1.165, 1.54) is 5.56 Å². The van der Waals surface area contributed by atoms with E-state index < -0.39 is 0 Å². The van der Waals surface area contributed by atoms with Crippen LogP contribution in [0.2, 0.25) is 0 Å². The van der Waals surface area contributed by atoms with Gasteiger partial charge in [-0.3, -0.25) is 4.90 Å². The van der Waals surface area contributed by atoms with Crippen LogP contribution >= 0.6 is 0 Å². The van der Waals surface area contributed by atoms with Crippen molar-refractivity contribution in [3.63, 3.8) is 0 Å². The van der Waals surface area contributed by atoms with Crippen LogP contribution in [0.15, 0.2) is 30.3 Å². The number of methoxy groups -OCH3 is 1. The Morgan fingerprint density at radius 2 is 2.17 bits per heavy atom. The number of ether oxygens (including phenoxy) is 1. The molecule has 1 aromatic carbocycles. The molecule has 0 unspecified atom stereocenters. The summed E-state index contributed by atoms with van der Waals surface area (Å²) < 4.78 is 12.2. The minimum absolute atomic E-state index is 0.267. The van der Waals surface area contributed by atoms with Gasteiger partial charge in [-0.25, -0.2) is 0 Å². The molecule has 2 nitrogen and oxygen atoms in total. The standard InChI is InChI=1S/C10H15NO/c1-11(9-12-2)8-10-6-4-3-5-7-10/h3-7H,8-9H2,1-2H3/i1T. The Morgan fingerprint density at radius 3 is 2.75 bits per heavy atom. The summed E-state index contributed by atoms with van der Waals surface area (Å²) >= 11 is 0. The fourth-order valence-electron chi connectivity index (χ4n) is 1.07. The van der Waals surface area contributed by atoms with Crippen molar-refractivity contribution in [2.45, 2.75) is 6.54 Å². The zero-order chi connectivity index (χ0) is 9.52. The van der Waals surface area contributed by atoms with Gasteiger partial charge in [0.2, 0.25) is 0 Å². The molecule has 1 aromatic rings. The fourth-order valence-corrected chi connectivity index (χ4v) is 1.07. The van der Waals surface area contributed by atoms with E-state index in [2.05, 4.69) is 12.1 Å². The second kappa shape index (κ2) is 4.91. The maximum atomic E-state index is 7.26. The Balaban J connectivity index is 2.46. The van der Waals surface area contributed by atoms with Crippen LogP contribution in [-0.4, -0.2) is 25.8 Å². The van der Waals surface area contributed by atoms with E-state index in [9.17, 15) is 0 Å². The molecule has 0 spiro atoms. The van der Waals surface area contributed by atoms with Crippen molar-refractivity contribution < 1.29 is 6.11 Å². The number of nitrogens with zero attached hydrogens (tertiary/aromatic N) is 1. The minimum Gasteiger partial charge on any atom is -0.369 e. The first kappa shape index (κ1) is 7.77. The highest BCUT2D eigenvalue weighted by molar-refractivity contribution is 5.14. The van der Waals surface area contributed by atoms with Gasteiger partial charge in [-0.05, 0) is 12.6 Å². The predicted octanol–water partition coefficient (Wildman–Crippen LogP) is 1.72. The summed E-state index contributed by atoms with van der Waals surface area (Å²) in [5.41, 5.74) is 1.21. The van der Waals surface area contributed by atoms with Crippen LogP contribution in [0.1, 0.15) is 6.93 Å². The van der Waals surface area contributed by atoms with Crippen molar-refractivity contribution in [2.75, 3.05) is 20.9 Å². The molecule has 0 atom stereocenters. The molecule has 0 N–H and O–H groups in total. The lowest BCUT2D eigenvalue weighted by molar-refractivity contribution is 0.0771. The average molecular weight is 167 g/mol. The molecule has 0 saturated heterocycles. The first-order valence-electron chi connectivity index (χ1n) is 4.62. The first-order chi connectivity index (χ1) is 6.36. The molecule has 0 radical (unpaired) electrons. The number of hydrogen-bond acceptors (Lipinski definition) is 2. The summed E-state index contributed by atoms with van der Waals surface area (Å²) in [5.74, 6) is 0. The predicted molar refractivity (Wildman–Crippen MR) is 49.8 cm³/mol. The summed E-state index contributed by atoms with van der Waals surface area (Å²) in [5, 5.41) is 0. The van der Waals surface area contributed by atoms with Gasteiger partial charge in [0.05, 0.1) is 6.73 Å². The van der Waals surface area contributed by atoms with Gasteiger partial charge in [-0.1, -0.05) is 30.3 Å². The van der Waals surface area contributed by atoms with Crippen molar-refractivity contribution in [3.8, 4) is 0 Å². The van der Waals surface area contributed by atoms with Crippen LogP contribution in [-0.2, 0) is 11.3 Å². The third-order valence-electron chi connectivity index (χ3n) is 1.56. The quantitative estimate of drug-likeness (QED) is 0.633. The van der Waals surface area contributed by atoms with Crippen LogP contribution in [0.25, 0.3) is 0 Å². The molecule has 2 heteroatoms. The highest BCUT2D eigenvalue weighted by Gasteiger charge is 1.96. The Hall–Kier alpha value is -0.860. The van der Waals surface area contributed by atoms with Crippen molar-refractivity contribution >= 4 is 0 Å². The van der Waals surface area contributed by atoms with Crippen molar-refractivity contribution in [2.24, 2.45) is 0 Å². The Morgan fingerprint density at radius 1 is 1.42 bits per heavy atom. The van der Waals surface area contributed by atoms with Gasteiger partial charge in [0.1, 0.15) is 0 Å². The monoisotopic (exact) mass is 167 g/mol. The second-order valence-electron chi connectivity index (χ2n) is 2.73. The smallest absolute Gasteiger partial charge is 0.0986 e. The summed E-state index contributed by atoms with van der Waals surface area (Å²) in [6.45, 7) is 1.29. The highest BCUT2D eigenvalue weighted by Crippen LogP contribution is 2.01. The largest absolute Gasteiger partial charge is 0.369 e. The maximum Gasteiger partial charge on any atom is 0.0986 e. The van der Waals surface area contributed by atoms with Crippen LogP contribution in [0.5, 0.6) is 0 Å². The van der Waals surface area contributed by atoms with E-state index in [0.717, 1.165) is 6.54 Å². The third kappa shape index (κ3) is 3.03. The summed E-state index contributed by atoms with van der Waals surface area (Å²) in [4.78, 5) is 1.91. The van der Waals surface area contributed by atoms with Crippen molar-refractivity contribution in [1.29, 1.82) is 0 Å². The lowest BCUT2D eigenvalue weighted by Gasteiger charge is -2.14. The molecule has 0 aromatic heterocycles. The Kier molecular flexibility index (Phi) is 3.18. The molecule has 0 bridgehead atoms. The molecule has 0 saturated carbocycles. The molecular weight excluding hydrogens is 150 g/mol. The van der Waals surface area contributed by atoms with Crippen molar-refractivity contribution in [3.05, 3.63) is 35.9 Å². The van der Waals surface area contributed by atoms with E-state index in [1.807, 2.05) is 23.1 Å². The Labute approximate surface area is 75.2 Å². The summed E-state index contributed by atoms with van der Waals surface area (Å²) in [6.07, 6.45) is 0. The first-order valence-corrected chi connectivity index (χ1v) is 3.91. The van der Waals surface area contributed by atoms with Crippen LogP contribution in [0, 0.1) is 0 Å². The summed E-state index contributed by atoms with van der Waals surface area (Å²) in [7, 11) is 1.91. The van der Waals surface area contributed by atoms with E-state index >= 15 is 0 Å². The average Bonchev–Trinajstić information content (AvgIpc) is 2.19. The van der Waals surface area contributed by atoms with Crippen molar-refractivity contribution in [1.82, 2.24) is 4.90 Å². The van der Waals surface area contributed by atoms with E-state index in [4.69, 9.17) is 6.11 Å². The molecule has 0 aliphatic carbocycles. The Bertz CT molecular complexity index is 228. The van der Waals surface area contributed by atoms with Gasteiger partial charge in [0.15, 0.2) is 0 Å². The van der Waals surface area contributed by atoms with E-state index in [-0.39, 0.29) is 7.02 Å². The zero-order valence-electron chi connectivity index (χ0n) is 8.36. The highest BCUT2D eigenvalue weighted by atomic mass is 16.5. The van der Waals surface area contributed by atoms with E-state index in [1.54, 1.807) is 7.11 Å². The topological polar surface area (TPSA) is 12.5 Å². The second-order valence-corrected chi connectivity index (χ2v) is 2.73. The molecular formula is C10H15NO. The molecule has 0 aliphatic rings. The molecule has 0 heterocycles. The maximum absolute atomic E-state index is 7.26. The lowest BCUT2D eigenvalue weighted by Crippen LogP contribution is -2.19. The summed E-state index contributed by atoms with van der Waals surface area (Å²) in [6, 6.07) is 10.1. The van der Waals surface area contributed by atoms with Gasteiger partial charge in [0, 0.05) is 15.0 Å². The van der Waals surface area contributed by atoms with Gasteiger partial charge < -0.3 is 4.74 Å². The molecule has 12 heavy (non-hydrogen) atoms. The normalized spacial score (nSPS) is 11.7. The number of benzene rings is 1. The van der Waals surface area contributed by atoms with Crippen LogP contribution < -0.4 is 0 Å². The van der Waals surface area contributed by atoms with Gasteiger partial charge in [0.25, 0.3) is 0 Å². The minimum atomic E-state index is 0.267. The lowest BCUT2D eigenvalue weighted by atomic mass is 10.2. The van der Waals surface area contributed by atoms with Gasteiger partial charge >= 0.3 is 0 Å². The molecule has 0 amide bonds. The fraction of sp³-hybridized carbons (Fsp3) is 0.400. The SMILES string of the molecule is [3H]CN(COC)Cc1ccccc1. The number of rotatable bonds is 4. The van der Waals surface area contributed by atoms with Crippen LogP contribution in [0.3, 0.4) is 0 Å². The molecule has 66 valence electrons. The molecule has 1 rings (SSSR count). The number of hydrogen-bond donors (Lipinski definition) is 0. The molecule has 0 fully saturated rings. The van der Waals surface area contributed by atoms with Gasteiger partial charge in [-0.2, -0.15) is 0 Å². The zero-order valence-corrected chi connectivity index (χ0v) is 7.36.